The lowest BCUT2D eigenvalue weighted by molar-refractivity contribution is -0.140. The van der Waals surface area contributed by atoms with Crippen molar-refractivity contribution in [1.82, 2.24) is 14.9 Å². The van der Waals surface area contributed by atoms with E-state index in [9.17, 15) is 14.7 Å². The maximum atomic E-state index is 12.9. The van der Waals surface area contributed by atoms with Crippen LogP contribution in [0.2, 0.25) is 0 Å². The van der Waals surface area contributed by atoms with Crippen molar-refractivity contribution >= 4 is 17.4 Å². The first-order valence-corrected chi connectivity index (χ1v) is 8.79. The van der Waals surface area contributed by atoms with Crippen LogP contribution in [-0.4, -0.2) is 31.7 Å². The SMILES string of the molecule is O=C1C(=O)N(Cc2ccncc2)C(c2cccnc2)/C1=C(/O)c1ccccc1. The standard InChI is InChI=1S/C22H17N3O3/c26-20(16-5-2-1-3-6-16)18-19(17-7-4-10-24-13-17)25(22(28)21(18)27)14-15-8-11-23-12-9-15/h1-13,19,26H,14H2/b20-18-. The predicted octanol–water partition coefficient (Wildman–Crippen LogP) is 3.10. The number of carbonyl (C=O) groups is 2. The number of pyridine rings is 2. The highest BCUT2D eigenvalue weighted by molar-refractivity contribution is 6.46. The molecule has 2 aromatic heterocycles. The van der Waals surface area contributed by atoms with Gasteiger partial charge in [0.25, 0.3) is 11.7 Å². The van der Waals surface area contributed by atoms with Gasteiger partial charge in [-0.15, -0.1) is 0 Å². The summed E-state index contributed by atoms with van der Waals surface area (Å²) in [4.78, 5) is 35.3. The zero-order valence-electron chi connectivity index (χ0n) is 14.9. The molecule has 0 aliphatic carbocycles. The summed E-state index contributed by atoms with van der Waals surface area (Å²) in [5, 5.41) is 10.9. The summed E-state index contributed by atoms with van der Waals surface area (Å²) in [5.41, 5.74) is 2.05. The van der Waals surface area contributed by atoms with Gasteiger partial charge in [0.2, 0.25) is 0 Å². The number of likely N-dealkylation sites (tertiary alicyclic amines) is 1. The maximum absolute atomic E-state index is 12.9. The van der Waals surface area contributed by atoms with Gasteiger partial charge in [0.15, 0.2) is 0 Å². The largest absolute Gasteiger partial charge is 0.507 e. The quantitative estimate of drug-likeness (QED) is 0.433. The number of hydrogen-bond acceptors (Lipinski definition) is 5. The first-order valence-electron chi connectivity index (χ1n) is 8.79. The highest BCUT2D eigenvalue weighted by atomic mass is 16.3. The van der Waals surface area contributed by atoms with Gasteiger partial charge in [0.1, 0.15) is 5.76 Å². The molecule has 1 aliphatic rings. The number of aliphatic hydroxyl groups is 1. The second kappa shape index (κ2) is 7.44. The number of hydrogen-bond donors (Lipinski definition) is 1. The molecule has 1 amide bonds. The topological polar surface area (TPSA) is 83.4 Å². The third-order valence-electron chi connectivity index (χ3n) is 4.69. The molecule has 6 heteroatoms. The van der Waals surface area contributed by atoms with E-state index >= 15 is 0 Å². The summed E-state index contributed by atoms with van der Waals surface area (Å²) < 4.78 is 0. The van der Waals surface area contributed by atoms with Crippen molar-refractivity contribution in [3.63, 3.8) is 0 Å². The van der Waals surface area contributed by atoms with Crippen LogP contribution in [-0.2, 0) is 16.1 Å². The van der Waals surface area contributed by atoms with E-state index in [1.54, 1.807) is 73.3 Å². The molecule has 6 nitrogen and oxygen atoms in total. The molecule has 3 heterocycles. The zero-order chi connectivity index (χ0) is 19.5. The molecule has 138 valence electrons. The molecule has 1 fully saturated rings. The molecule has 1 saturated heterocycles. The maximum Gasteiger partial charge on any atom is 0.295 e. The zero-order valence-corrected chi connectivity index (χ0v) is 14.9. The Morgan fingerprint density at radius 2 is 1.68 bits per heavy atom. The third kappa shape index (κ3) is 3.16. The third-order valence-corrected chi connectivity index (χ3v) is 4.69. The van der Waals surface area contributed by atoms with Gasteiger partial charge in [-0.25, -0.2) is 0 Å². The molecule has 0 spiro atoms. The van der Waals surface area contributed by atoms with Gasteiger partial charge >= 0.3 is 0 Å². The van der Waals surface area contributed by atoms with E-state index in [0.717, 1.165) is 5.56 Å². The molecule has 0 radical (unpaired) electrons. The van der Waals surface area contributed by atoms with Crippen molar-refractivity contribution in [3.05, 3.63) is 102 Å². The highest BCUT2D eigenvalue weighted by Crippen LogP contribution is 2.39. The number of aromatic nitrogens is 2. The number of ketones is 1. The average Bonchev–Trinajstić information content (AvgIpc) is 3.00. The van der Waals surface area contributed by atoms with Crippen LogP contribution in [0.1, 0.15) is 22.7 Å². The normalized spacial score (nSPS) is 18.4. The predicted molar refractivity (Wildman–Crippen MR) is 103 cm³/mol. The fraction of sp³-hybridized carbons (Fsp3) is 0.0909. The molecule has 0 saturated carbocycles. The van der Waals surface area contributed by atoms with E-state index in [1.165, 1.54) is 4.90 Å². The Kier molecular flexibility index (Phi) is 4.68. The van der Waals surface area contributed by atoms with Gasteiger partial charge in [-0.3, -0.25) is 19.6 Å². The Balaban J connectivity index is 1.85. The molecule has 1 aliphatic heterocycles. The van der Waals surface area contributed by atoms with E-state index < -0.39 is 17.7 Å². The van der Waals surface area contributed by atoms with Gasteiger partial charge in [-0.2, -0.15) is 0 Å². The Morgan fingerprint density at radius 3 is 2.36 bits per heavy atom. The summed E-state index contributed by atoms with van der Waals surface area (Å²) in [6.45, 7) is 0.220. The van der Waals surface area contributed by atoms with Crippen LogP contribution in [0.25, 0.3) is 5.76 Å². The number of aliphatic hydroxyl groups excluding tert-OH is 1. The van der Waals surface area contributed by atoms with Crippen LogP contribution in [0.15, 0.2) is 85.0 Å². The fourth-order valence-corrected chi connectivity index (χ4v) is 3.36. The van der Waals surface area contributed by atoms with Crippen LogP contribution in [0, 0.1) is 0 Å². The molecule has 0 bridgehead atoms. The van der Waals surface area contributed by atoms with Crippen LogP contribution in [0.3, 0.4) is 0 Å². The summed E-state index contributed by atoms with van der Waals surface area (Å²) in [5.74, 6) is -1.54. The smallest absolute Gasteiger partial charge is 0.295 e. The number of rotatable bonds is 4. The van der Waals surface area contributed by atoms with Gasteiger partial charge in [-0.05, 0) is 29.3 Å². The monoisotopic (exact) mass is 371 g/mol. The van der Waals surface area contributed by atoms with Crippen molar-refractivity contribution in [2.75, 3.05) is 0 Å². The number of carbonyl (C=O) groups excluding carboxylic acids is 2. The van der Waals surface area contributed by atoms with Crippen molar-refractivity contribution in [1.29, 1.82) is 0 Å². The molecule has 1 unspecified atom stereocenters. The van der Waals surface area contributed by atoms with Crippen LogP contribution in [0.4, 0.5) is 0 Å². The van der Waals surface area contributed by atoms with Gasteiger partial charge in [0.05, 0.1) is 11.6 Å². The molecular weight excluding hydrogens is 354 g/mol. The molecule has 4 rings (SSSR count). The Morgan fingerprint density at radius 1 is 0.929 bits per heavy atom. The lowest BCUT2D eigenvalue weighted by Gasteiger charge is -2.25. The lowest BCUT2D eigenvalue weighted by atomic mass is 9.96. The number of amides is 1. The summed E-state index contributed by atoms with van der Waals surface area (Å²) in [6.07, 6.45) is 6.49. The summed E-state index contributed by atoms with van der Waals surface area (Å²) in [7, 11) is 0. The molecule has 3 aromatic rings. The van der Waals surface area contributed by atoms with E-state index in [0.29, 0.717) is 11.1 Å². The van der Waals surface area contributed by atoms with Crippen LogP contribution in [0.5, 0.6) is 0 Å². The number of nitrogens with zero attached hydrogens (tertiary/aromatic N) is 3. The molecule has 1 aromatic carbocycles. The lowest BCUT2D eigenvalue weighted by Crippen LogP contribution is -2.29. The van der Waals surface area contributed by atoms with Crippen molar-refractivity contribution < 1.29 is 14.7 Å². The highest BCUT2D eigenvalue weighted by Gasteiger charge is 2.46. The first-order chi connectivity index (χ1) is 13.7. The van der Waals surface area contributed by atoms with Crippen molar-refractivity contribution in [2.24, 2.45) is 0 Å². The first kappa shape index (κ1) is 17.6. The summed E-state index contributed by atoms with van der Waals surface area (Å²) in [6, 6.07) is 15.1. The van der Waals surface area contributed by atoms with Crippen LogP contribution >= 0.6 is 0 Å². The fourth-order valence-electron chi connectivity index (χ4n) is 3.36. The Hall–Kier alpha value is -3.80. The minimum atomic E-state index is -0.720. The Labute approximate surface area is 161 Å². The van der Waals surface area contributed by atoms with Crippen LogP contribution < -0.4 is 0 Å². The van der Waals surface area contributed by atoms with Crippen molar-refractivity contribution in [2.45, 2.75) is 12.6 Å². The summed E-state index contributed by atoms with van der Waals surface area (Å²) >= 11 is 0. The average molecular weight is 371 g/mol. The van der Waals surface area contributed by atoms with E-state index in [1.807, 2.05) is 6.07 Å². The second-order valence-electron chi connectivity index (χ2n) is 6.43. The Bertz CT molecular complexity index is 1030. The van der Waals surface area contributed by atoms with E-state index in [4.69, 9.17) is 0 Å². The second-order valence-corrected chi connectivity index (χ2v) is 6.43. The number of benzene rings is 1. The van der Waals surface area contributed by atoms with Gasteiger partial charge in [0, 0.05) is 36.9 Å². The minimum absolute atomic E-state index is 0.0678. The number of Topliss-reactive ketones (excluding diaryl/α,β-unsaturated/α-hetero) is 1. The molecule has 1 atom stereocenters. The van der Waals surface area contributed by atoms with E-state index in [-0.39, 0.29) is 17.9 Å². The van der Waals surface area contributed by atoms with Gasteiger partial charge in [-0.1, -0.05) is 36.4 Å². The minimum Gasteiger partial charge on any atom is -0.507 e. The molecular formula is C22H17N3O3. The van der Waals surface area contributed by atoms with Crippen molar-refractivity contribution in [3.8, 4) is 0 Å². The molecule has 28 heavy (non-hydrogen) atoms. The van der Waals surface area contributed by atoms with E-state index in [2.05, 4.69) is 9.97 Å². The van der Waals surface area contributed by atoms with Gasteiger partial charge < -0.3 is 10.0 Å². The molecule has 1 N–H and O–H groups in total.